The zero-order valence-corrected chi connectivity index (χ0v) is 20.0. The van der Waals surface area contributed by atoms with E-state index in [9.17, 15) is 9.59 Å². The number of benzene rings is 2. The first-order chi connectivity index (χ1) is 14.4. The normalized spacial score (nSPS) is 12.8. The van der Waals surface area contributed by atoms with Gasteiger partial charge in [-0.15, -0.1) is 0 Å². The van der Waals surface area contributed by atoms with Crippen molar-refractivity contribution in [3.8, 4) is 0 Å². The Kier molecular flexibility index (Phi) is 9.05. The molecule has 1 amide bonds. The fourth-order valence-corrected chi connectivity index (χ4v) is 8.71. The Bertz CT molecular complexity index is 826. The first kappa shape index (κ1) is 24.1. The van der Waals surface area contributed by atoms with Crippen LogP contribution in [0.1, 0.15) is 43.9 Å². The van der Waals surface area contributed by atoms with Crippen molar-refractivity contribution in [3.05, 3.63) is 65.2 Å². The zero-order valence-electron chi connectivity index (χ0n) is 19.0. The van der Waals surface area contributed by atoms with Gasteiger partial charge in [0.05, 0.1) is 0 Å². The summed E-state index contributed by atoms with van der Waals surface area (Å²) < 4.78 is 5.58. The van der Waals surface area contributed by atoms with E-state index in [0.29, 0.717) is 6.16 Å². The zero-order chi connectivity index (χ0) is 22.1. The van der Waals surface area contributed by atoms with Crippen LogP contribution in [0.4, 0.5) is 5.69 Å². The van der Waals surface area contributed by atoms with E-state index in [4.69, 9.17) is 4.74 Å². The SMILES string of the molecule is CCC(C(=O)Nc1c(C)cccc1C)[PH](CC)(CC)CC(=O)OCc1ccccc1. The first-order valence-corrected chi connectivity index (χ1v) is 13.6. The van der Waals surface area contributed by atoms with Crippen molar-refractivity contribution in [1.82, 2.24) is 0 Å². The number of carbonyl (C=O) groups is 2. The van der Waals surface area contributed by atoms with Gasteiger partial charge in [-0.3, -0.25) is 0 Å². The summed E-state index contributed by atoms with van der Waals surface area (Å²) >= 11 is 0. The number of para-hydroxylation sites is 1. The number of hydrogen-bond acceptors (Lipinski definition) is 3. The van der Waals surface area contributed by atoms with Gasteiger partial charge < -0.3 is 0 Å². The second-order valence-corrected chi connectivity index (χ2v) is 13.3. The maximum absolute atomic E-state index is 13.3. The molecule has 4 nitrogen and oxygen atoms in total. The molecule has 1 atom stereocenters. The van der Waals surface area contributed by atoms with Crippen molar-refractivity contribution >= 4 is 24.8 Å². The summed E-state index contributed by atoms with van der Waals surface area (Å²) in [5, 5.41) is 3.18. The van der Waals surface area contributed by atoms with Gasteiger partial charge >= 0.3 is 181 Å². The van der Waals surface area contributed by atoms with Crippen LogP contribution in [0.15, 0.2) is 48.5 Å². The van der Waals surface area contributed by atoms with Crippen LogP contribution in [0.3, 0.4) is 0 Å². The van der Waals surface area contributed by atoms with Crippen molar-refractivity contribution in [2.75, 3.05) is 23.8 Å². The molecule has 0 aliphatic rings. The van der Waals surface area contributed by atoms with Crippen molar-refractivity contribution in [2.45, 2.75) is 53.3 Å². The molecule has 0 saturated carbocycles. The molecule has 0 aliphatic heterocycles. The van der Waals surface area contributed by atoms with Crippen LogP contribution in [-0.4, -0.2) is 36.0 Å². The molecule has 0 spiro atoms. The Hall–Kier alpha value is -2.19. The van der Waals surface area contributed by atoms with E-state index in [-0.39, 0.29) is 24.1 Å². The number of aryl methyl sites for hydroxylation is 2. The topological polar surface area (TPSA) is 55.4 Å². The molecule has 1 unspecified atom stereocenters. The molecule has 5 heteroatoms. The number of nitrogens with one attached hydrogen (secondary N) is 1. The monoisotopic (exact) mass is 429 g/mol. The van der Waals surface area contributed by atoms with Gasteiger partial charge in [0.1, 0.15) is 0 Å². The van der Waals surface area contributed by atoms with Gasteiger partial charge in [0, 0.05) is 0 Å². The molecule has 0 fully saturated rings. The predicted octanol–water partition coefficient (Wildman–Crippen LogP) is 5.55. The van der Waals surface area contributed by atoms with Gasteiger partial charge in [-0.2, -0.15) is 0 Å². The Morgan fingerprint density at radius 3 is 2.07 bits per heavy atom. The molecule has 0 bridgehead atoms. The summed E-state index contributed by atoms with van der Waals surface area (Å²) in [6.45, 7) is 10.6. The van der Waals surface area contributed by atoms with E-state index in [0.717, 1.165) is 41.1 Å². The third-order valence-electron chi connectivity index (χ3n) is 6.34. The van der Waals surface area contributed by atoms with Crippen LogP contribution in [0.25, 0.3) is 0 Å². The summed E-state index contributed by atoms with van der Waals surface area (Å²) in [4.78, 5) is 26.1. The second kappa shape index (κ2) is 11.3. The second-order valence-electron chi connectivity index (χ2n) is 8.11. The summed E-state index contributed by atoms with van der Waals surface area (Å²) in [6, 6.07) is 15.7. The number of carbonyl (C=O) groups excluding carboxylic acids is 2. The van der Waals surface area contributed by atoms with Gasteiger partial charge in [-0.05, 0) is 0 Å². The van der Waals surface area contributed by atoms with E-state index in [2.05, 4.69) is 26.1 Å². The molecule has 0 radical (unpaired) electrons. The maximum atomic E-state index is 13.3. The van der Waals surface area contributed by atoms with E-state index in [1.54, 1.807) is 0 Å². The first-order valence-electron chi connectivity index (χ1n) is 10.9. The fraction of sp³-hybridized carbons (Fsp3) is 0.440. The van der Waals surface area contributed by atoms with Crippen molar-refractivity contribution < 1.29 is 14.3 Å². The Morgan fingerprint density at radius 2 is 1.53 bits per heavy atom. The van der Waals surface area contributed by atoms with Crippen molar-refractivity contribution in [3.63, 3.8) is 0 Å². The molecular weight excluding hydrogens is 393 g/mol. The van der Waals surface area contributed by atoms with Crippen LogP contribution in [0.5, 0.6) is 0 Å². The molecule has 30 heavy (non-hydrogen) atoms. The van der Waals surface area contributed by atoms with Crippen LogP contribution < -0.4 is 5.32 Å². The van der Waals surface area contributed by atoms with Crippen LogP contribution in [0.2, 0.25) is 0 Å². The number of amides is 1. The summed E-state index contributed by atoms with van der Waals surface area (Å²) in [6.07, 6.45) is 2.87. The fourth-order valence-electron chi connectivity index (χ4n) is 4.31. The third kappa shape index (κ3) is 5.92. The molecule has 2 aromatic carbocycles. The van der Waals surface area contributed by atoms with E-state index >= 15 is 0 Å². The number of esters is 1. The summed E-state index contributed by atoms with van der Waals surface area (Å²) in [5.41, 5.74) is 3.85. The van der Waals surface area contributed by atoms with Gasteiger partial charge in [-0.1, -0.05) is 0 Å². The van der Waals surface area contributed by atoms with Crippen molar-refractivity contribution in [2.24, 2.45) is 0 Å². The molecular formula is C25H36NO3P. The predicted molar refractivity (Wildman–Crippen MR) is 129 cm³/mol. The van der Waals surface area contributed by atoms with Crippen LogP contribution >= 0.6 is 7.26 Å². The van der Waals surface area contributed by atoms with Crippen LogP contribution in [0, 0.1) is 13.8 Å². The Labute approximate surface area is 181 Å². The minimum atomic E-state index is -2.21. The number of hydrogen-bond donors (Lipinski definition) is 1. The third-order valence-corrected chi connectivity index (χ3v) is 12.3. The van der Waals surface area contributed by atoms with Gasteiger partial charge in [-0.25, -0.2) is 0 Å². The molecule has 1 N–H and O–H groups in total. The summed E-state index contributed by atoms with van der Waals surface area (Å²) in [5.74, 6) is -0.145. The molecule has 2 rings (SSSR count). The molecule has 0 saturated heterocycles. The molecule has 0 aromatic heterocycles. The molecule has 0 aliphatic carbocycles. The summed E-state index contributed by atoms with van der Waals surface area (Å²) in [7, 11) is -2.21. The van der Waals surface area contributed by atoms with Gasteiger partial charge in [0.25, 0.3) is 0 Å². The van der Waals surface area contributed by atoms with E-state index in [1.165, 1.54) is 0 Å². The van der Waals surface area contributed by atoms with E-state index in [1.807, 2.05) is 62.4 Å². The van der Waals surface area contributed by atoms with Gasteiger partial charge in [0.15, 0.2) is 0 Å². The molecule has 164 valence electrons. The molecule has 0 heterocycles. The Balaban J connectivity index is 2.15. The van der Waals surface area contributed by atoms with Crippen LogP contribution in [-0.2, 0) is 20.9 Å². The standard InChI is InChI=1S/C25H36NO3P/c1-6-22(25(28)26-24-19(4)13-12-14-20(24)5)30(7-2,8-3)18-23(27)29-17-21-15-10-9-11-16-21/h9-16,22,30H,6-8,17-18H2,1-5H3,(H,26,28). The quantitative estimate of drug-likeness (QED) is 0.398. The number of ether oxygens (including phenoxy) is 1. The van der Waals surface area contributed by atoms with Gasteiger partial charge in [0.2, 0.25) is 0 Å². The minimum absolute atomic E-state index is 0.0427. The number of anilines is 1. The average Bonchev–Trinajstić information content (AvgIpc) is 2.75. The Morgan fingerprint density at radius 1 is 0.933 bits per heavy atom. The molecule has 2 aromatic rings. The van der Waals surface area contributed by atoms with E-state index < -0.39 is 7.26 Å². The number of rotatable bonds is 10. The average molecular weight is 430 g/mol. The van der Waals surface area contributed by atoms with Crippen molar-refractivity contribution in [1.29, 1.82) is 0 Å².